The molecule has 4 bridgehead atoms. The Morgan fingerprint density at radius 1 is 1.18 bits per heavy atom. The van der Waals surface area contributed by atoms with Crippen molar-refractivity contribution in [2.75, 3.05) is 0 Å². The van der Waals surface area contributed by atoms with E-state index >= 15 is 0 Å². The summed E-state index contributed by atoms with van der Waals surface area (Å²) in [6.07, 6.45) is 0. The van der Waals surface area contributed by atoms with Gasteiger partial charge in [-0.3, -0.25) is 0 Å². The first-order valence-corrected chi connectivity index (χ1v) is 3.50. The van der Waals surface area contributed by atoms with Crippen LogP contribution in [0.3, 0.4) is 0 Å². The van der Waals surface area contributed by atoms with Gasteiger partial charge in [0.05, 0.1) is 12.2 Å². The summed E-state index contributed by atoms with van der Waals surface area (Å²) in [6.45, 7) is 0.0922. The third-order valence-corrected chi connectivity index (χ3v) is 1.90. The fourth-order valence-corrected chi connectivity index (χ4v) is 1.36. The van der Waals surface area contributed by atoms with E-state index in [1.807, 2.05) is 18.2 Å². The lowest BCUT2D eigenvalue weighted by molar-refractivity contribution is -0.235. The number of hydrogen-bond acceptors (Lipinski definition) is 3. The van der Waals surface area contributed by atoms with E-state index in [1.165, 1.54) is 0 Å². The molecule has 0 aromatic heterocycles. The van der Waals surface area contributed by atoms with E-state index in [2.05, 4.69) is 0 Å². The predicted molar refractivity (Wildman–Crippen MR) is 36.3 cm³/mol. The molecule has 0 saturated carbocycles. The molecule has 56 valence electrons. The monoisotopic (exact) mass is 150 g/mol. The van der Waals surface area contributed by atoms with Crippen LogP contribution in [0.15, 0.2) is 18.2 Å². The van der Waals surface area contributed by atoms with Crippen molar-refractivity contribution in [1.82, 2.24) is 0 Å². The largest absolute Gasteiger partial charge is 0.432 e. The Kier molecular flexibility index (Phi) is 0.830. The molecule has 0 atom stereocenters. The van der Waals surface area contributed by atoms with Crippen LogP contribution in [0.4, 0.5) is 0 Å². The zero-order valence-corrected chi connectivity index (χ0v) is 5.74. The smallest absolute Gasteiger partial charge is 0.361 e. The van der Waals surface area contributed by atoms with Crippen molar-refractivity contribution in [2.24, 2.45) is 0 Å². The normalized spacial score (nSPS) is 19.3. The highest BCUT2D eigenvalue weighted by atomic mass is 16.9. The van der Waals surface area contributed by atoms with E-state index in [4.69, 9.17) is 14.2 Å². The molecule has 0 spiro atoms. The molecule has 1 aromatic carbocycles. The van der Waals surface area contributed by atoms with Crippen LogP contribution in [-0.4, -0.2) is 6.48 Å². The van der Waals surface area contributed by atoms with E-state index in [0.717, 1.165) is 17.1 Å². The third kappa shape index (κ3) is 0.607. The number of ether oxygens (including phenoxy) is 3. The minimum atomic E-state index is -0.515. The summed E-state index contributed by atoms with van der Waals surface area (Å²) >= 11 is 0. The second kappa shape index (κ2) is 1.68. The lowest BCUT2D eigenvalue weighted by atomic mass is 10.1. The Bertz CT molecular complexity index is 284. The van der Waals surface area contributed by atoms with Gasteiger partial charge in [0.15, 0.2) is 0 Å². The molecule has 3 heterocycles. The molecule has 0 N–H and O–H groups in total. The van der Waals surface area contributed by atoms with E-state index < -0.39 is 6.48 Å². The zero-order chi connectivity index (χ0) is 7.26. The maximum atomic E-state index is 5.26. The van der Waals surface area contributed by atoms with Gasteiger partial charge in [0.1, 0.15) is 11.5 Å². The molecule has 3 nitrogen and oxygen atoms in total. The fraction of sp³-hybridized carbons (Fsp3) is 0.250. The molecule has 1 aromatic rings. The van der Waals surface area contributed by atoms with Gasteiger partial charge in [0.2, 0.25) is 0 Å². The Labute approximate surface area is 63.5 Å². The van der Waals surface area contributed by atoms with Gasteiger partial charge in [0, 0.05) is 0 Å². The topological polar surface area (TPSA) is 27.7 Å². The summed E-state index contributed by atoms with van der Waals surface area (Å²) in [7, 11) is 0. The molecule has 0 unspecified atom stereocenters. The highest BCUT2D eigenvalue weighted by Crippen LogP contribution is 2.38. The van der Waals surface area contributed by atoms with Gasteiger partial charge >= 0.3 is 6.48 Å². The molecular formula is C8H6O3. The van der Waals surface area contributed by atoms with Gasteiger partial charge in [-0.1, -0.05) is 6.07 Å². The van der Waals surface area contributed by atoms with Gasteiger partial charge < -0.3 is 14.2 Å². The number of fused-ring (bicyclic) bond motifs is 1. The molecule has 0 aliphatic carbocycles. The Balaban J connectivity index is 2.30. The highest BCUT2D eigenvalue weighted by Gasteiger charge is 2.30. The van der Waals surface area contributed by atoms with Crippen molar-refractivity contribution in [3.05, 3.63) is 23.8 Å². The van der Waals surface area contributed by atoms with Crippen molar-refractivity contribution in [3.8, 4) is 11.5 Å². The van der Waals surface area contributed by atoms with E-state index in [1.54, 1.807) is 0 Å². The quantitative estimate of drug-likeness (QED) is 0.557. The minimum Gasteiger partial charge on any atom is -0.432 e. The molecule has 0 amide bonds. The third-order valence-electron chi connectivity index (χ3n) is 1.90. The van der Waals surface area contributed by atoms with Crippen molar-refractivity contribution in [3.63, 3.8) is 0 Å². The first kappa shape index (κ1) is 5.43. The molecular weight excluding hydrogens is 144 g/mol. The summed E-state index contributed by atoms with van der Waals surface area (Å²) in [5.74, 6) is 1.79. The molecule has 3 aliphatic rings. The van der Waals surface area contributed by atoms with Crippen LogP contribution < -0.4 is 9.47 Å². The van der Waals surface area contributed by atoms with Crippen molar-refractivity contribution in [2.45, 2.75) is 13.1 Å². The fourth-order valence-electron chi connectivity index (χ4n) is 1.36. The van der Waals surface area contributed by atoms with Gasteiger partial charge in [-0.05, 0) is 12.1 Å². The molecule has 3 heteroatoms. The SMILES string of the molecule is c1cc2c3c(c1)OC(OC3)O2. The van der Waals surface area contributed by atoms with Gasteiger partial charge in [-0.2, -0.15) is 0 Å². The molecule has 0 fully saturated rings. The maximum Gasteiger partial charge on any atom is 0.361 e. The summed E-state index contributed by atoms with van der Waals surface area (Å²) in [5, 5.41) is 0. The number of benzene rings is 1. The van der Waals surface area contributed by atoms with Gasteiger partial charge in [-0.15, -0.1) is 0 Å². The second-order valence-corrected chi connectivity index (χ2v) is 2.57. The Hall–Kier alpha value is -1.22. The van der Waals surface area contributed by atoms with E-state index in [-0.39, 0.29) is 0 Å². The lowest BCUT2D eigenvalue weighted by Gasteiger charge is -2.33. The molecule has 4 rings (SSSR count). The minimum absolute atomic E-state index is 0.515. The average Bonchev–Trinajstić information content (AvgIpc) is 2.05. The van der Waals surface area contributed by atoms with Crippen LogP contribution in [0.2, 0.25) is 0 Å². The standard InChI is InChI=1S/C8H6O3/c1-2-6-5-4-9-8(10-6)11-7(5)3-1/h1-3,8H,4H2. The maximum absolute atomic E-state index is 5.26. The first-order chi connectivity index (χ1) is 5.43. The highest BCUT2D eigenvalue weighted by molar-refractivity contribution is 5.46. The molecule has 3 aliphatic heterocycles. The zero-order valence-electron chi connectivity index (χ0n) is 5.74. The van der Waals surface area contributed by atoms with Crippen LogP contribution in [0, 0.1) is 0 Å². The number of hydrogen-bond donors (Lipinski definition) is 0. The van der Waals surface area contributed by atoms with Crippen LogP contribution >= 0.6 is 0 Å². The Morgan fingerprint density at radius 2 is 1.91 bits per heavy atom. The van der Waals surface area contributed by atoms with Crippen LogP contribution in [0.1, 0.15) is 5.56 Å². The van der Waals surface area contributed by atoms with Crippen LogP contribution in [0.25, 0.3) is 0 Å². The summed E-state index contributed by atoms with van der Waals surface area (Å²) < 4.78 is 15.7. The summed E-state index contributed by atoms with van der Waals surface area (Å²) in [5.41, 5.74) is 1.02. The lowest BCUT2D eigenvalue weighted by Crippen LogP contribution is -2.36. The van der Waals surface area contributed by atoms with Crippen molar-refractivity contribution in [1.29, 1.82) is 0 Å². The van der Waals surface area contributed by atoms with Gasteiger partial charge in [0.25, 0.3) is 0 Å². The van der Waals surface area contributed by atoms with Crippen molar-refractivity contribution >= 4 is 0 Å². The molecule has 11 heavy (non-hydrogen) atoms. The Morgan fingerprint density at radius 3 is 2.45 bits per heavy atom. The first-order valence-electron chi connectivity index (χ1n) is 3.50. The van der Waals surface area contributed by atoms with Crippen LogP contribution in [-0.2, 0) is 11.3 Å². The summed E-state index contributed by atoms with van der Waals surface area (Å²) in [6, 6.07) is 5.77. The number of rotatable bonds is 0. The van der Waals surface area contributed by atoms with E-state index in [9.17, 15) is 0 Å². The van der Waals surface area contributed by atoms with Crippen LogP contribution in [0.5, 0.6) is 11.5 Å². The predicted octanol–water partition coefficient (Wildman–Crippen LogP) is 1.27. The average molecular weight is 150 g/mol. The summed E-state index contributed by atoms with van der Waals surface area (Å²) in [4.78, 5) is 0. The van der Waals surface area contributed by atoms with E-state index in [0.29, 0.717) is 6.61 Å². The second-order valence-electron chi connectivity index (χ2n) is 2.57. The van der Waals surface area contributed by atoms with Crippen molar-refractivity contribution < 1.29 is 14.2 Å². The van der Waals surface area contributed by atoms with Gasteiger partial charge in [-0.25, -0.2) is 0 Å². The molecule has 0 saturated heterocycles. The molecule has 0 radical (unpaired) electrons.